The van der Waals surface area contributed by atoms with E-state index in [4.69, 9.17) is 10.00 Å². The van der Waals surface area contributed by atoms with Crippen LogP contribution in [0, 0.1) is 11.3 Å². The van der Waals surface area contributed by atoms with Gasteiger partial charge in [0.05, 0.1) is 12.7 Å². The quantitative estimate of drug-likeness (QED) is 0.837. The van der Waals surface area contributed by atoms with Gasteiger partial charge in [0.1, 0.15) is 17.6 Å². The van der Waals surface area contributed by atoms with Crippen LogP contribution in [0.2, 0.25) is 0 Å². The summed E-state index contributed by atoms with van der Waals surface area (Å²) in [6.07, 6.45) is 2.57. The number of hydrogen-bond acceptors (Lipinski definition) is 4. The topological polar surface area (TPSA) is 49.1 Å². The molecule has 1 aromatic heterocycles. The maximum Gasteiger partial charge on any atom is 0.128 e. The molecule has 0 atom stereocenters. The number of hydrogen-bond donors (Lipinski definition) is 0. The molecule has 1 aliphatic heterocycles. The molecule has 0 radical (unpaired) electrons. The van der Waals surface area contributed by atoms with Crippen molar-refractivity contribution in [3.63, 3.8) is 0 Å². The molecule has 0 aliphatic carbocycles. The summed E-state index contributed by atoms with van der Waals surface area (Å²) in [7, 11) is 1.71. The number of aromatic nitrogens is 1. The van der Waals surface area contributed by atoms with Crippen molar-refractivity contribution in [2.24, 2.45) is 0 Å². The Morgan fingerprint density at radius 3 is 2.90 bits per heavy atom. The van der Waals surface area contributed by atoms with Gasteiger partial charge in [0, 0.05) is 24.8 Å². The van der Waals surface area contributed by atoms with Gasteiger partial charge in [-0.3, -0.25) is 0 Å². The number of ether oxygens (including phenoxy) is 1. The fourth-order valence-electron chi connectivity index (χ4n) is 2.60. The molecule has 4 nitrogen and oxygen atoms in total. The van der Waals surface area contributed by atoms with Gasteiger partial charge in [-0.2, -0.15) is 5.26 Å². The number of methoxy groups -OCH3 is 1. The van der Waals surface area contributed by atoms with E-state index in [1.165, 1.54) is 11.1 Å². The van der Waals surface area contributed by atoms with Gasteiger partial charge in [0.15, 0.2) is 0 Å². The number of nitriles is 1. The summed E-state index contributed by atoms with van der Waals surface area (Å²) >= 11 is 0. The van der Waals surface area contributed by atoms with Crippen molar-refractivity contribution in [3.8, 4) is 11.8 Å². The van der Waals surface area contributed by atoms with Crippen LogP contribution in [0.25, 0.3) is 0 Å². The number of nitrogens with zero attached hydrogens (tertiary/aromatic N) is 3. The molecule has 1 aliphatic rings. The molecule has 0 N–H and O–H groups in total. The Hall–Kier alpha value is -2.54. The van der Waals surface area contributed by atoms with Crippen LogP contribution >= 0.6 is 0 Å². The standard InChI is InChI=1S/C16H15N3O/c1-20-15-4-2-3-13-11-19(8-7-14(13)15)16-6-5-12(9-17)10-18-16/h2-6,10H,7-8,11H2,1H3. The average Bonchev–Trinajstić information content (AvgIpc) is 2.53. The van der Waals surface area contributed by atoms with Crippen molar-refractivity contribution >= 4 is 5.82 Å². The first-order valence-electron chi connectivity index (χ1n) is 6.57. The number of fused-ring (bicyclic) bond motifs is 1. The van der Waals surface area contributed by atoms with Gasteiger partial charge in [-0.15, -0.1) is 0 Å². The fraction of sp³-hybridized carbons (Fsp3) is 0.250. The molecular weight excluding hydrogens is 250 g/mol. The lowest BCUT2D eigenvalue weighted by Crippen LogP contribution is -2.31. The highest BCUT2D eigenvalue weighted by atomic mass is 16.5. The minimum Gasteiger partial charge on any atom is -0.496 e. The van der Waals surface area contributed by atoms with Crippen molar-refractivity contribution in [3.05, 3.63) is 53.2 Å². The van der Waals surface area contributed by atoms with E-state index in [1.807, 2.05) is 24.3 Å². The van der Waals surface area contributed by atoms with Crippen LogP contribution in [-0.2, 0) is 13.0 Å². The van der Waals surface area contributed by atoms with E-state index < -0.39 is 0 Å². The Morgan fingerprint density at radius 2 is 2.20 bits per heavy atom. The van der Waals surface area contributed by atoms with Gasteiger partial charge in [-0.05, 0) is 30.2 Å². The summed E-state index contributed by atoms with van der Waals surface area (Å²) in [5.74, 6) is 1.88. The third-order valence-electron chi connectivity index (χ3n) is 3.64. The van der Waals surface area contributed by atoms with Crippen molar-refractivity contribution in [2.45, 2.75) is 13.0 Å². The molecule has 0 bridgehead atoms. The molecule has 0 amide bonds. The van der Waals surface area contributed by atoms with Crippen LogP contribution in [0.5, 0.6) is 5.75 Å². The molecule has 0 fully saturated rings. The zero-order valence-corrected chi connectivity index (χ0v) is 11.3. The highest BCUT2D eigenvalue weighted by molar-refractivity contribution is 5.49. The summed E-state index contributed by atoms with van der Waals surface area (Å²) in [6, 6.07) is 12.0. The molecule has 0 unspecified atom stereocenters. The van der Waals surface area contributed by atoms with E-state index in [9.17, 15) is 0 Å². The van der Waals surface area contributed by atoms with Crippen LogP contribution in [0.15, 0.2) is 36.5 Å². The Morgan fingerprint density at radius 1 is 1.30 bits per heavy atom. The second kappa shape index (κ2) is 5.22. The van der Waals surface area contributed by atoms with Crippen molar-refractivity contribution in [1.82, 2.24) is 4.98 Å². The van der Waals surface area contributed by atoms with Gasteiger partial charge in [0.25, 0.3) is 0 Å². The predicted molar refractivity (Wildman–Crippen MR) is 76.7 cm³/mol. The lowest BCUT2D eigenvalue weighted by molar-refractivity contribution is 0.407. The highest BCUT2D eigenvalue weighted by Gasteiger charge is 2.19. The SMILES string of the molecule is COc1cccc2c1CCN(c1ccc(C#N)cn1)C2. The summed E-state index contributed by atoms with van der Waals surface area (Å²) in [6.45, 7) is 1.73. The third-order valence-corrected chi connectivity index (χ3v) is 3.64. The van der Waals surface area contributed by atoms with E-state index >= 15 is 0 Å². The molecule has 100 valence electrons. The molecule has 20 heavy (non-hydrogen) atoms. The normalized spacial score (nSPS) is 13.5. The minimum absolute atomic E-state index is 0.591. The highest BCUT2D eigenvalue weighted by Crippen LogP contribution is 2.29. The monoisotopic (exact) mass is 265 g/mol. The molecule has 2 aromatic rings. The molecule has 0 spiro atoms. The van der Waals surface area contributed by atoms with Crippen LogP contribution in [0.3, 0.4) is 0 Å². The maximum atomic E-state index is 8.81. The Labute approximate surface area is 118 Å². The minimum atomic E-state index is 0.591. The molecule has 4 heteroatoms. The second-order valence-corrected chi connectivity index (χ2v) is 4.79. The lowest BCUT2D eigenvalue weighted by Gasteiger charge is -2.30. The number of benzene rings is 1. The van der Waals surface area contributed by atoms with Crippen LogP contribution in [0.1, 0.15) is 16.7 Å². The summed E-state index contributed by atoms with van der Waals surface area (Å²) in [5.41, 5.74) is 3.16. The zero-order chi connectivity index (χ0) is 13.9. The summed E-state index contributed by atoms with van der Waals surface area (Å²) < 4.78 is 5.41. The molecule has 1 aromatic carbocycles. The first-order chi connectivity index (χ1) is 9.81. The Balaban J connectivity index is 1.86. The summed E-state index contributed by atoms with van der Waals surface area (Å²) in [5, 5.41) is 8.81. The van der Waals surface area contributed by atoms with Gasteiger partial charge >= 0.3 is 0 Å². The second-order valence-electron chi connectivity index (χ2n) is 4.79. The van der Waals surface area contributed by atoms with Crippen LogP contribution in [-0.4, -0.2) is 18.6 Å². The van der Waals surface area contributed by atoms with E-state index in [0.717, 1.165) is 31.1 Å². The van der Waals surface area contributed by atoms with Crippen molar-refractivity contribution in [1.29, 1.82) is 5.26 Å². The Kier molecular flexibility index (Phi) is 3.26. The van der Waals surface area contributed by atoms with Gasteiger partial charge in [-0.25, -0.2) is 4.98 Å². The molecule has 0 saturated heterocycles. The first kappa shape index (κ1) is 12.5. The smallest absolute Gasteiger partial charge is 0.128 e. The third kappa shape index (κ3) is 2.19. The maximum absolute atomic E-state index is 8.81. The van der Waals surface area contributed by atoms with E-state index in [0.29, 0.717) is 5.56 Å². The van der Waals surface area contributed by atoms with Gasteiger partial charge < -0.3 is 9.64 Å². The molecular formula is C16H15N3O. The zero-order valence-electron chi connectivity index (χ0n) is 11.3. The van der Waals surface area contributed by atoms with Crippen molar-refractivity contribution in [2.75, 3.05) is 18.6 Å². The fourth-order valence-corrected chi connectivity index (χ4v) is 2.60. The predicted octanol–water partition coefficient (Wildman–Crippen LogP) is 2.52. The van der Waals surface area contributed by atoms with Crippen molar-refractivity contribution < 1.29 is 4.74 Å². The molecule has 0 saturated carbocycles. The number of rotatable bonds is 2. The molecule has 2 heterocycles. The van der Waals surface area contributed by atoms with E-state index in [1.54, 1.807) is 13.3 Å². The Bertz CT molecular complexity index is 658. The number of anilines is 1. The van der Waals surface area contributed by atoms with Crippen LogP contribution < -0.4 is 9.64 Å². The van der Waals surface area contributed by atoms with Gasteiger partial charge in [-0.1, -0.05) is 12.1 Å². The summed E-state index contributed by atoms with van der Waals surface area (Å²) in [4.78, 5) is 6.59. The van der Waals surface area contributed by atoms with E-state index in [-0.39, 0.29) is 0 Å². The number of pyridine rings is 1. The largest absolute Gasteiger partial charge is 0.496 e. The average molecular weight is 265 g/mol. The molecule has 3 rings (SSSR count). The first-order valence-corrected chi connectivity index (χ1v) is 6.57. The van der Waals surface area contributed by atoms with Crippen LogP contribution in [0.4, 0.5) is 5.82 Å². The lowest BCUT2D eigenvalue weighted by atomic mass is 9.98. The van der Waals surface area contributed by atoms with Gasteiger partial charge in [0.2, 0.25) is 0 Å². The van der Waals surface area contributed by atoms with E-state index in [2.05, 4.69) is 22.0 Å².